The van der Waals surface area contributed by atoms with Crippen LogP contribution in [0.2, 0.25) is 0 Å². The van der Waals surface area contributed by atoms with E-state index >= 15 is 0 Å². The number of carbonyl (C=O) groups is 1. The second-order valence-electron chi connectivity index (χ2n) is 2.64. The molecule has 0 heterocycles. The third-order valence-corrected chi connectivity index (χ3v) is 0.923. The van der Waals surface area contributed by atoms with Gasteiger partial charge in [-0.05, 0) is 5.92 Å². The van der Waals surface area contributed by atoms with Gasteiger partial charge in [-0.1, -0.05) is 13.8 Å². The Balaban J connectivity index is 2.97. The van der Waals surface area contributed by atoms with Crippen LogP contribution in [-0.2, 0) is 9.47 Å². The summed E-state index contributed by atoms with van der Waals surface area (Å²) in [5.41, 5.74) is 4.72. The summed E-state index contributed by atoms with van der Waals surface area (Å²) in [4.78, 5) is 10.0. The molecule has 0 unspecified atom stereocenters. The van der Waals surface area contributed by atoms with Gasteiger partial charge in [0.2, 0.25) is 0 Å². The molecule has 4 nitrogen and oxygen atoms in total. The van der Waals surface area contributed by atoms with Crippen LogP contribution in [0, 0.1) is 5.92 Å². The lowest BCUT2D eigenvalue weighted by atomic mass is 10.2. The fourth-order valence-electron chi connectivity index (χ4n) is 0.520. The first-order chi connectivity index (χ1) is 5.13. The van der Waals surface area contributed by atoms with E-state index in [1.54, 1.807) is 0 Å². The van der Waals surface area contributed by atoms with Crippen molar-refractivity contribution in [2.45, 2.75) is 13.8 Å². The predicted octanol–water partition coefficient (Wildman–Crippen LogP) is 0.754. The van der Waals surface area contributed by atoms with Crippen molar-refractivity contribution in [1.29, 1.82) is 0 Å². The van der Waals surface area contributed by atoms with Gasteiger partial charge in [0.15, 0.2) is 0 Å². The molecular weight excluding hydrogens is 146 g/mol. The minimum absolute atomic E-state index is 0.238. The van der Waals surface area contributed by atoms with Gasteiger partial charge in [0.25, 0.3) is 0 Å². The first kappa shape index (κ1) is 10.2. The van der Waals surface area contributed by atoms with E-state index in [9.17, 15) is 4.79 Å². The predicted molar refractivity (Wildman–Crippen MR) is 41.2 cm³/mol. The van der Waals surface area contributed by atoms with Crippen LogP contribution < -0.4 is 5.73 Å². The zero-order valence-corrected chi connectivity index (χ0v) is 7.00. The highest BCUT2D eigenvalue weighted by molar-refractivity contribution is 5.64. The Labute approximate surface area is 66.7 Å². The molecule has 66 valence electrons. The third kappa shape index (κ3) is 9.23. The summed E-state index contributed by atoms with van der Waals surface area (Å²) in [5.74, 6) is 0.503. The maximum Gasteiger partial charge on any atom is 0.404 e. The zero-order valence-electron chi connectivity index (χ0n) is 7.00. The first-order valence-electron chi connectivity index (χ1n) is 3.63. The monoisotopic (exact) mass is 161 g/mol. The Bertz CT molecular complexity index is 114. The van der Waals surface area contributed by atoms with Crippen LogP contribution in [0.4, 0.5) is 4.79 Å². The van der Waals surface area contributed by atoms with E-state index in [2.05, 4.69) is 18.6 Å². The second kappa shape index (κ2) is 5.97. The van der Waals surface area contributed by atoms with Gasteiger partial charge in [-0.15, -0.1) is 0 Å². The molecule has 0 aromatic heterocycles. The van der Waals surface area contributed by atoms with Crippen molar-refractivity contribution in [1.82, 2.24) is 0 Å². The van der Waals surface area contributed by atoms with Crippen LogP contribution in [0.3, 0.4) is 0 Å². The van der Waals surface area contributed by atoms with Gasteiger partial charge in [0, 0.05) is 6.61 Å². The number of amides is 1. The molecule has 2 N–H and O–H groups in total. The Hall–Kier alpha value is -0.770. The Morgan fingerprint density at radius 1 is 1.45 bits per heavy atom. The number of carbonyl (C=O) groups excluding carboxylic acids is 1. The van der Waals surface area contributed by atoms with Crippen molar-refractivity contribution in [3.8, 4) is 0 Å². The molecule has 0 atom stereocenters. The Morgan fingerprint density at radius 3 is 2.55 bits per heavy atom. The topological polar surface area (TPSA) is 61.6 Å². The van der Waals surface area contributed by atoms with Gasteiger partial charge in [-0.2, -0.15) is 0 Å². The molecule has 0 saturated heterocycles. The third-order valence-electron chi connectivity index (χ3n) is 0.923. The SMILES string of the molecule is CC(C)COCCOC(N)=O. The van der Waals surface area contributed by atoms with Crippen LogP contribution in [0.25, 0.3) is 0 Å². The average molecular weight is 161 g/mol. The number of nitrogens with two attached hydrogens (primary N) is 1. The van der Waals surface area contributed by atoms with Crippen LogP contribution >= 0.6 is 0 Å². The molecule has 0 bridgehead atoms. The molecule has 0 aromatic carbocycles. The number of primary amides is 1. The van der Waals surface area contributed by atoms with E-state index < -0.39 is 6.09 Å². The molecule has 4 heteroatoms. The number of rotatable bonds is 5. The first-order valence-corrected chi connectivity index (χ1v) is 3.63. The van der Waals surface area contributed by atoms with Gasteiger partial charge in [0.05, 0.1) is 6.61 Å². The minimum atomic E-state index is -0.752. The number of hydrogen-bond donors (Lipinski definition) is 1. The van der Waals surface area contributed by atoms with E-state index in [0.717, 1.165) is 0 Å². The summed E-state index contributed by atoms with van der Waals surface area (Å²) in [6.07, 6.45) is -0.752. The highest BCUT2D eigenvalue weighted by atomic mass is 16.6. The molecule has 0 aliphatic rings. The van der Waals surface area contributed by atoms with Gasteiger partial charge < -0.3 is 15.2 Å². The van der Waals surface area contributed by atoms with Crippen LogP contribution in [0.15, 0.2) is 0 Å². The van der Waals surface area contributed by atoms with Crippen LogP contribution in [0.5, 0.6) is 0 Å². The minimum Gasteiger partial charge on any atom is -0.447 e. The summed E-state index contributed by atoms with van der Waals surface area (Å²) in [5, 5.41) is 0. The molecule has 0 aliphatic carbocycles. The molecule has 1 amide bonds. The average Bonchev–Trinajstić information content (AvgIpc) is 1.85. The van der Waals surface area contributed by atoms with Crippen molar-refractivity contribution in [3.63, 3.8) is 0 Å². The maximum absolute atomic E-state index is 10.0. The van der Waals surface area contributed by atoms with E-state index in [1.807, 2.05) is 0 Å². The van der Waals surface area contributed by atoms with E-state index in [-0.39, 0.29) is 6.61 Å². The van der Waals surface area contributed by atoms with E-state index in [1.165, 1.54) is 0 Å². The molecule has 0 spiro atoms. The molecular formula is C7H15NO3. The fourth-order valence-corrected chi connectivity index (χ4v) is 0.520. The number of hydrogen-bond acceptors (Lipinski definition) is 3. The smallest absolute Gasteiger partial charge is 0.404 e. The molecule has 0 aliphatic heterocycles. The molecule has 11 heavy (non-hydrogen) atoms. The van der Waals surface area contributed by atoms with Gasteiger partial charge >= 0.3 is 6.09 Å². The normalized spacial score (nSPS) is 10.1. The standard InChI is InChI=1S/C7H15NO3/c1-6(2)5-10-3-4-11-7(8)9/h6H,3-5H2,1-2H3,(H2,8,9). The summed E-state index contributed by atoms with van der Waals surface area (Å²) < 4.78 is 9.55. The second-order valence-corrected chi connectivity index (χ2v) is 2.64. The Kier molecular flexibility index (Phi) is 5.56. The van der Waals surface area contributed by atoms with Gasteiger partial charge in [0.1, 0.15) is 6.61 Å². The van der Waals surface area contributed by atoms with Crippen molar-refractivity contribution >= 4 is 6.09 Å². The highest BCUT2D eigenvalue weighted by Crippen LogP contribution is 1.91. The molecule has 0 radical (unpaired) electrons. The lowest BCUT2D eigenvalue weighted by molar-refractivity contribution is 0.0636. The van der Waals surface area contributed by atoms with Crippen molar-refractivity contribution in [2.24, 2.45) is 11.7 Å². The molecule has 0 aromatic rings. The summed E-state index contributed by atoms with van der Waals surface area (Å²) >= 11 is 0. The molecule has 0 saturated carbocycles. The fraction of sp³-hybridized carbons (Fsp3) is 0.857. The van der Waals surface area contributed by atoms with Crippen LogP contribution in [-0.4, -0.2) is 25.9 Å². The Morgan fingerprint density at radius 2 is 2.09 bits per heavy atom. The van der Waals surface area contributed by atoms with E-state index in [0.29, 0.717) is 19.1 Å². The molecule has 0 rings (SSSR count). The highest BCUT2D eigenvalue weighted by Gasteiger charge is 1.95. The lowest BCUT2D eigenvalue weighted by Gasteiger charge is -2.05. The maximum atomic E-state index is 10.0. The number of ether oxygens (including phenoxy) is 2. The van der Waals surface area contributed by atoms with Crippen molar-refractivity contribution in [3.05, 3.63) is 0 Å². The largest absolute Gasteiger partial charge is 0.447 e. The summed E-state index contributed by atoms with van der Waals surface area (Å²) in [6, 6.07) is 0. The quantitative estimate of drug-likeness (QED) is 0.605. The summed E-state index contributed by atoms with van der Waals surface area (Å²) in [7, 11) is 0. The summed E-state index contributed by atoms with van der Waals surface area (Å²) in [6.45, 7) is 5.44. The van der Waals surface area contributed by atoms with Crippen LogP contribution in [0.1, 0.15) is 13.8 Å². The molecule has 0 fully saturated rings. The van der Waals surface area contributed by atoms with Gasteiger partial charge in [-0.25, -0.2) is 4.79 Å². The van der Waals surface area contributed by atoms with E-state index in [4.69, 9.17) is 10.5 Å². The van der Waals surface area contributed by atoms with Crippen molar-refractivity contribution in [2.75, 3.05) is 19.8 Å². The van der Waals surface area contributed by atoms with Crippen molar-refractivity contribution < 1.29 is 14.3 Å². The zero-order chi connectivity index (χ0) is 8.69. The van der Waals surface area contributed by atoms with Gasteiger partial charge in [-0.3, -0.25) is 0 Å². The lowest BCUT2D eigenvalue weighted by Crippen LogP contribution is -2.17.